The third-order valence-electron chi connectivity index (χ3n) is 9.07. The SMILES string of the molecule is C=C1N[C@@H](Cc2ccc(OC)cc2)C(=O)NCCN(CC)Cc2cccc(c2)Nc2cc(ncn2)Nc2cccc(c2)CN2CCCC12. The number of carbonyl (C=O) groups excluding carboxylic acids is 1. The monoisotopic (exact) mass is 646 g/mol. The van der Waals surface area contributed by atoms with Crippen LogP contribution in [0.25, 0.3) is 0 Å². The number of likely N-dealkylation sites (N-methyl/N-ethyl adjacent to an activating group) is 1. The van der Waals surface area contributed by atoms with E-state index in [1.54, 1.807) is 13.4 Å². The quantitative estimate of drug-likeness (QED) is 0.225. The molecule has 10 heteroatoms. The number of benzene rings is 3. The lowest BCUT2D eigenvalue weighted by Gasteiger charge is -2.30. The minimum absolute atomic E-state index is 0.0289. The van der Waals surface area contributed by atoms with E-state index in [9.17, 15) is 4.79 Å². The minimum atomic E-state index is -0.462. The Labute approximate surface area is 283 Å². The van der Waals surface area contributed by atoms with Crippen LogP contribution in [-0.4, -0.2) is 71.0 Å². The maximum absolute atomic E-state index is 13.8. The zero-order chi connectivity index (χ0) is 33.3. The highest BCUT2D eigenvalue weighted by molar-refractivity contribution is 5.82. The fourth-order valence-corrected chi connectivity index (χ4v) is 6.52. The normalized spacial score (nSPS) is 19.6. The van der Waals surface area contributed by atoms with E-state index < -0.39 is 6.04 Å². The van der Waals surface area contributed by atoms with Gasteiger partial charge in [0.15, 0.2) is 0 Å². The summed E-state index contributed by atoms with van der Waals surface area (Å²) in [5.41, 5.74) is 6.21. The number of amides is 1. The van der Waals surface area contributed by atoms with Gasteiger partial charge in [0.1, 0.15) is 29.8 Å². The van der Waals surface area contributed by atoms with E-state index in [0.29, 0.717) is 24.6 Å². The first kappa shape index (κ1) is 33.0. The summed E-state index contributed by atoms with van der Waals surface area (Å²) in [7, 11) is 1.66. The first-order chi connectivity index (χ1) is 23.4. The van der Waals surface area contributed by atoms with Gasteiger partial charge in [-0.05, 0) is 79.0 Å². The Balaban J connectivity index is 1.27. The summed E-state index contributed by atoms with van der Waals surface area (Å²) in [6.07, 6.45) is 4.17. The first-order valence-corrected chi connectivity index (χ1v) is 16.8. The average molecular weight is 647 g/mol. The van der Waals surface area contributed by atoms with Crippen molar-refractivity contribution in [3.05, 3.63) is 114 Å². The second-order valence-corrected chi connectivity index (χ2v) is 12.5. The zero-order valence-corrected chi connectivity index (χ0v) is 27.9. The largest absolute Gasteiger partial charge is 0.497 e. The van der Waals surface area contributed by atoms with Crippen LogP contribution < -0.4 is 26.0 Å². The number of carbonyl (C=O) groups is 1. The topological polar surface area (TPSA) is 107 Å². The van der Waals surface area contributed by atoms with Gasteiger partial charge in [0.05, 0.1) is 7.11 Å². The van der Waals surface area contributed by atoms with E-state index in [2.05, 4.69) is 84.9 Å². The number of rotatable bonds is 4. The number of hydrogen-bond donors (Lipinski definition) is 4. The van der Waals surface area contributed by atoms with Crippen molar-refractivity contribution in [1.82, 2.24) is 30.4 Å². The average Bonchev–Trinajstić information content (AvgIpc) is 3.56. The number of ether oxygens (including phenoxy) is 1. The summed E-state index contributed by atoms with van der Waals surface area (Å²) in [5, 5.41) is 13.7. The molecule has 48 heavy (non-hydrogen) atoms. The maximum atomic E-state index is 13.8. The molecule has 2 aliphatic rings. The van der Waals surface area contributed by atoms with Gasteiger partial charge in [-0.3, -0.25) is 14.6 Å². The molecule has 6 rings (SSSR count). The van der Waals surface area contributed by atoms with Crippen LogP contribution in [0, 0.1) is 0 Å². The van der Waals surface area contributed by atoms with Crippen LogP contribution in [0.2, 0.25) is 0 Å². The molecule has 3 heterocycles. The van der Waals surface area contributed by atoms with Crippen LogP contribution in [-0.2, 0) is 24.3 Å². The van der Waals surface area contributed by atoms with E-state index in [0.717, 1.165) is 74.0 Å². The summed E-state index contributed by atoms with van der Waals surface area (Å²) in [6, 6.07) is 26.3. The molecule has 1 fully saturated rings. The van der Waals surface area contributed by atoms with Crippen LogP contribution in [0.15, 0.2) is 97.5 Å². The van der Waals surface area contributed by atoms with E-state index in [1.807, 2.05) is 48.5 Å². The standard InChI is InChI=1S/C38H46N8O2/c1-4-45-19-17-39-38(47)34(22-28-13-15-33(48-3)16-14-28)42-27(2)35-12-7-18-46(35)25-30-9-6-11-32(21-30)44-37-23-36(40-26-41-37)43-31-10-5-8-29(20-31)24-45/h5-6,8-11,13-16,20-21,23,26,34-35,42H,2,4,7,12,17-19,22,24-25H2,1,3H3,(H,39,47)(H2,40,41,43,44)/t34-,35?/m0/s1. The lowest BCUT2D eigenvalue weighted by molar-refractivity contribution is -0.123. The molecule has 4 N–H and O–H groups in total. The molecule has 1 aromatic heterocycles. The van der Waals surface area contributed by atoms with Crippen LogP contribution in [0.3, 0.4) is 0 Å². The summed E-state index contributed by atoms with van der Waals surface area (Å²) < 4.78 is 5.36. The first-order valence-electron chi connectivity index (χ1n) is 16.8. The highest BCUT2D eigenvalue weighted by Crippen LogP contribution is 2.27. The number of fused-ring (bicyclic) bond motifs is 7. The van der Waals surface area contributed by atoms with Gasteiger partial charge in [-0.15, -0.1) is 0 Å². The van der Waals surface area contributed by atoms with Gasteiger partial charge >= 0.3 is 0 Å². The molecule has 0 spiro atoms. The number of aromatic nitrogens is 2. The Morgan fingerprint density at radius 3 is 2.25 bits per heavy atom. The van der Waals surface area contributed by atoms with Gasteiger partial charge in [-0.25, -0.2) is 9.97 Å². The molecule has 0 aliphatic carbocycles. The van der Waals surface area contributed by atoms with Crippen molar-refractivity contribution >= 4 is 28.9 Å². The van der Waals surface area contributed by atoms with E-state index >= 15 is 0 Å². The Morgan fingerprint density at radius 2 is 1.58 bits per heavy atom. The lowest BCUT2D eigenvalue weighted by atomic mass is 10.0. The molecule has 3 aromatic carbocycles. The van der Waals surface area contributed by atoms with Gasteiger partial charge < -0.3 is 26.0 Å². The van der Waals surface area contributed by atoms with Crippen LogP contribution in [0.5, 0.6) is 5.75 Å². The Kier molecular flexibility index (Phi) is 10.8. The van der Waals surface area contributed by atoms with Crippen LogP contribution in [0.1, 0.15) is 36.5 Å². The van der Waals surface area contributed by atoms with Crippen molar-refractivity contribution in [3.63, 3.8) is 0 Å². The van der Waals surface area contributed by atoms with Crippen LogP contribution in [0.4, 0.5) is 23.0 Å². The number of nitrogens with zero attached hydrogens (tertiary/aromatic N) is 4. The van der Waals surface area contributed by atoms with Gasteiger partial charge in [0.2, 0.25) is 5.91 Å². The number of hydrogen-bond acceptors (Lipinski definition) is 9. The molecule has 1 saturated heterocycles. The molecule has 6 bridgehead atoms. The molecule has 0 saturated carbocycles. The Morgan fingerprint density at radius 1 is 0.896 bits per heavy atom. The van der Waals surface area contributed by atoms with E-state index in [1.165, 1.54) is 11.1 Å². The molecule has 2 atom stereocenters. The van der Waals surface area contributed by atoms with Gasteiger partial charge in [0.25, 0.3) is 0 Å². The minimum Gasteiger partial charge on any atom is -0.497 e. The summed E-state index contributed by atoms with van der Waals surface area (Å²) >= 11 is 0. The highest BCUT2D eigenvalue weighted by atomic mass is 16.5. The van der Waals surface area contributed by atoms with Crippen molar-refractivity contribution in [3.8, 4) is 5.75 Å². The number of nitrogens with one attached hydrogen (secondary N) is 4. The predicted molar refractivity (Wildman–Crippen MR) is 192 cm³/mol. The molecular weight excluding hydrogens is 600 g/mol. The molecule has 250 valence electrons. The third kappa shape index (κ3) is 8.70. The van der Waals surface area contributed by atoms with E-state index in [4.69, 9.17) is 4.74 Å². The van der Waals surface area contributed by atoms with Crippen molar-refractivity contribution in [2.24, 2.45) is 0 Å². The summed E-state index contributed by atoms with van der Waals surface area (Å²) in [5.74, 6) is 2.19. The zero-order valence-electron chi connectivity index (χ0n) is 27.9. The van der Waals surface area contributed by atoms with Crippen molar-refractivity contribution in [2.45, 2.75) is 51.4 Å². The maximum Gasteiger partial charge on any atom is 0.242 e. The molecule has 1 amide bonds. The summed E-state index contributed by atoms with van der Waals surface area (Å²) in [6.45, 7) is 11.3. The summed E-state index contributed by atoms with van der Waals surface area (Å²) in [4.78, 5) is 27.5. The van der Waals surface area contributed by atoms with Crippen molar-refractivity contribution in [2.75, 3.05) is 43.9 Å². The molecular formula is C38H46N8O2. The molecule has 10 nitrogen and oxygen atoms in total. The van der Waals surface area contributed by atoms with Gasteiger partial charge in [-0.1, -0.05) is 49.9 Å². The predicted octanol–water partition coefficient (Wildman–Crippen LogP) is 5.60. The number of methoxy groups -OCH3 is 1. The molecule has 2 aliphatic heterocycles. The fraction of sp³-hybridized carbons (Fsp3) is 0.342. The third-order valence-corrected chi connectivity index (χ3v) is 9.07. The molecule has 0 radical (unpaired) electrons. The van der Waals surface area contributed by atoms with Crippen LogP contribution >= 0.6 is 0 Å². The highest BCUT2D eigenvalue weighted by Gasteiger charge is 2.30. The Bertz CT molecular complexity index is 1690. The van der Waals surface area contributed by atoms with Gasteiger partial charge in [-0.2, -0.15) is 0 Å². The smallest absolute Gasteiger partial charge is 0.242 e. The second kappa shape index (κ2) is 15.8. The Hall–Kier alpha value is -4.93. The lowest BCUT2D eigenvalue weighted by Crippen LogP contribution is -2.49. The number of anilines is 4. The molecule has 1 unspecified atom stereocenters. The molecule has 4 aromatic rings. The second-order valence-electron chi connectivity index (χ2n) is 12.5. The van der Waals surface area contributed by atoms with E-state index in [-0.39, 0.29) is 11.9 Å². The fourth-order valence-electron chi connectivity index (χ4n) is 6.52. The van der Waals surface area contributed by atoms with Crippen molar-refractivity contribution < 1.29 is 9.53 Å². The van der Waals surface area contributed by atoms with Gasteiger partial charge in [0, 0.05) is 61.8 Å². The van der Waals surface area contributed by atoms with Crippen molar-refractivity contribution in [1.29, 1.82) is 0 Å².